The number of anilines is 1. The zero-order valence-electron chi connectivity index (χ0n) is 22.5. The Kier molecular flexibility index (Phi) is 7.25. The second kappa shape index (κ2) is 11.3. The molecule has 40 heavy (non-hydrogen) atoms. The van der Waals surface area contributed by atoms with Gasteiger partial charge in [0.05, 0.1) is 11.3 Å². The van der Waals surface area contributed by atoms with E-state index in [0.29, 0.717) is 5.82 Å². The third kappa shape index (κ3) is 5.18. The van der Waals surface area contributed by atoms with Crippen LogP contribution in [0.4, 0.5) is 5.82 Å². The van der Waals surface area contributed by atoms with E-state index in [2.05, 4.69) is 75.7 Å². The van der Waals surface area contributed by atoms with E-state index >= 15 is 0 Å². The predicted octanol–water partition coefficient (Wildman–Crippen LogP) is 4.88. The Bertz CT molecular complexity index is 1600. The highest BCUT2D eigenvalue weighted by Gasteiger charge is 2.21. The number of hydrogen-bond acceptors (Lipinski definition) is 6. The Hall–Kier alpha value is -4.56. The van der Waals surface area contributed by atoms with Gasteiger partial charge >= 0.3 is 0 Å². The van der Waals surface area contributed by atoms with Crippen molar-refractivity contribution < 1.29 is 4.79 Å². The van der Waals surface area contributed by atoms with Gasteiger partial charge in [0.25, 0.3) is 0 Å². The van der Waals surface area contributed by atoms with Gasteiger partial charge in [0.2, 0.25) is 5.91 Å². The summed E-state index contributed by atoms with van der Waals surface area (Å²) in [6, 6.07) is 16.5. The number of carbonyl (C=O) groups is 1. The summed E-state index contributed by atoms with van der Waals surface area (Å²) in [5.41, 5.74) is 11.9. The Balaban J connectivity index is 1.33. The monoisotopic (exact) mass is 531 g/mol. The van der Waals surface area contributed by atoms with Crippen LogP contribution in [0.1, 0.15) is 30.0 Å². The number of pyridine rings is 2. The highest BCUT2D eigenvalue weighted by molar-refractivity contribution is 5.87. The van der Waals surface area contributed by atoms with Crippen molar-refractivity contribution in [3.05, 3.63) is 103 Å². The molecule has 1 fully saturated rings. The molecule has 0 bridgehead atoms. The van der Waals surface area contributed by atoms with Gasteiger partial charge in [0.1, 0.15) is 11.3 Å². The average Bonchev–Trinajstić information content (AvgIpc) is 3.21. The number of rotatable bonds is 6. The molecule has 4 aromatic rings. The minimum absolute atomic E-state index is 0.0107. The molecule has 6 rings (SSSR count). The number of fused-ring (bicyclic) bond motifs is 1. The van der Waals surface area contributed by atoms with E-state index in [4.69, 9.17) is 15.7 Å². The van der Waals surface area contributed by atoms with Crippen molar-refractivity contribution >= 4 is 22.9 Å². The number of amides is 1. The van der Waals surface area contributed by atoms with Gasteiger partial charge in [-0.25, -0.2) is 15.0 Å². The molecule has 1 unspecified atom stereocenters. The van der Waals surface area contributed by atoms with E-state index < -0.39 is 0 Å². The summed E-state index contributed by atoms with van der Waals surface area (Å²) in [4.78, 5) is 30.7. The van der Waals surface area contributed by atoms with Crippen LogP contribution in [0.25, 0.3) is 28.2 Å². The van der Waals surface area contributed by atoms with E-state index in [0.717, 1.165) is 79.5 Å². The number of allylic oxidation sites excluding steroid dienone is 4. The van der Waals surface area contributed by atoms with Gasteiger partial charge in [-0.1, -0.05) is 43.0 Å². The Morgan fingerprint density at radius 3 is 2.67 bits per heavy atom. The van der Waals surface area contributed by atoms with Gasteiger partial charge in [-0.05, 0) is 60.9 Å². The minimum Gasteiger partial charge on any atom is -0.383 e. The summed E-state index contributed by atoms with van der Waals surface area (Å²) in [7, 11) is 0. The van der Waals surface area contributed by atoms with Gasteiger partial charge in [-0.3, -0.25) is 14.3 Å². The summed E-state index contributed by atoms with van der Waals surface area (Å²) in [6.45, 7) is 7.75. The fourth-order valence-corrected chi connectivity index (χ4v) is 5.50. The Morgan fingerprint density at radius 1 is 1.02 bits per heavy atom. The molecule has 0 spiro atoms. The van der Waals surface area contributed by atoms with Crippen LogP contribution in [0.5, 0.6) is 0 Å². The number of imidazole rings is 1. The zero-order chi connectivity index (χ0) is 27.5. The van der Waals surface area contributed by atoms with Crippen LogP contribution in [0, 0.1) is 0 Å². The van der Waals surface area contributed by atoms with Gasteiger partial charge in [-0.15, -0.1) is 0 Å². The number of hydrogen-bond donors (Lipinski definition) is 1. The third-order valence-corrected chi connectivity index (χ3v) is 7.64. The van der Waals surface area contributed by atoms with E-state index in [-0.39, 0.29) is 11.8 Å². The quantitative estimate of drug-likeness (QED) is 0.356. The number of nitrogens with zero attached hydrogens (tertiary/aromatic N) is 6. The van der Waals surface area contributed by atoms with Gasteiger partial charge in [0.15, 0.2) is 11.5 Å². The number of carbonyl (C=O) groups excluding carboxylic acids is 1. The molecule has 8 nitrogen and oxygen atoms in total. The molecule has 8 heteroatoms. The maximum Gasteiger partial charge on any atom is 0.245 e. The highest BCUT2D eigenvalue weighted by atomic mass is 16.2. The van der Waals surface area contributed by atoms with Crippen LogP contribution in [0.2, 0.25) is 0 Å². The molecule has 1 aromatic carbocycles. The molecule has 1 atom stereocenters. The lowest BCUT2D eigenvalue weighted by Crippen LogP contribution is -2.33. The summed E-state index contributed by atoms with van der Waals surface area (Å²) in [6.07, 6.45) is 13.5. The molecule has 3 aromatic heterocycles. The zero-order valence-corrected chi connectivity index (χ0v) is 22.5. The van der Waals surface area contributed by atoms with Crippen molar-refractivity contribution in [2.75, 3.05) is 31.9 Å². The molecule has 4 heterocycles. The van der Waals surface area contributed by atoms with Crippen molar-refractivity contribution in [1.29, 1.82) is 0 Å². The molecule has 0 radical (unpaired) electrons. The number of nitrogens with two attached hydrogens (primary N) is 1. The summed E-state index contributed by atoms with van der Waals surface area (Å²) >= 11 is 0. The number of aromatic nitrogens is 4. The Morgan fingerprint density at radius 2 is 1.90 bits per heavy atom. The lowest BCUT2D eigenvalue weighted by atomic mass is 9.97. The van der Waals surface area contributed by atoms with E-state index in [1.54, 1.807) is 6.20 Å². The van der Waals surface area contributed by atoms with Crippen molar-refractivity contribution in [1.82, 2.24) is 29.3 Å². The lowest BCUT2D eigenvalue weighted by Gasteiger charge is -2.21. The first-order valence-corrected chi connectivity index (χ1v) is 13.8. The lowest BCUT2D eigenvalue weighted by molar-refractivity contribution is -0.125. The maximum absolute atomic E-state index is 12.0. The molecule has 1 amide bonds. The van der Waals surface area contributed by atoms with E-state index in [9.17, 15) is 4.79 Å². The molecule has 1 aliphatic carbocycles. The van der Waals surface area contributed by atoms with Gasteiger partial charge in [-0.2, -0.15) is 0 Å². The van der Waals surface area contributed by atoms with Crippen LogP contribution in [-0.2, 0) is 11.3 Å². The second-order valence-electron chi connectivity index (χ2n) is 10.3. The van der Waals surface area contributed by atoms with Crippen molar-refractivity contribution in [2.45, 2.75) is 25.3 Å². The molecule has 2 aliphatic rings. The van der Waals surface area contributed by atoms with E-state index in [1.807, 2.05) is 23.1 Å². The van der Waals surface area contributed by atoms with Crippen molar-refractivity contribution in [2.24, 2.45) is 0 Å². The number of benzene rings is 1. The van der Waals surface area contributed by atoms with Crippen LogP contribution < -0.4 is 5.73 Å². The van der Waals surface area contributed by atoms with Crippen LogP contribution in [0.15, 0.2) is 91.7 Å². The molecule has 0 saturated carbocycles. The smallest absolute Gasteiger partial charge is 0.245 e. The van der Waals surface area contributed by atoms with E-state index in [1.165, 1.54) is 11.6 Å². The second-order valence-corrected chi connectivity index (χ2v) is 10.3. The van der Waals surface area contributed by atoms with Gasteiger partial charge in [0, 0.05) is 50.5 Å². The average molecular weight is 532 g/mol. The minimum atomic E-state index is 0.0107. The standard InChI is InChI=1S/C32H33N7O/c1-2-29(40)38-19-7-18-37(20-21-38)22-23-11-13-25(14-12-23)39-31(26-10-6-17-34-30(26)33)36-28-16-15-27(35-32(28)39)24-8-4-3-5-9-24/h2-6,8,10-17,24H,1,7,9,18-22H2,(H2,33,34). The molecular weight excluding hydrogens is 498 g/mol. The van der Waals surface area contributed by atoms with Crippen molar-refractivity contribution in [3.8, 4) is 17.1 Å². The third-order valence-electron chi connectivity index (χ3n) is 7.64. The first-order chi connectivity index (χ1) is 19.6. The van der Waals surface area contributed by atoms with Crippen LogP contribution in [0.3, 0.4) is 0 Å². The molecular formula is C32H33N7O. The predicted molar refractivity (Wildman–Crippen MR) is 159 cm³/mol. The summed E-state index contributed by atoms with van der Waals surface area (Å²) in [5, 5.41) is 0. The highest BCUT2D eigenvalue weighted by Crippen LogP contribution is 2.32. The molecule has 1 aliphatic heterocycles. The fourth-order valence-electron chi connectivity index (χ4n) is 5.50. The van der Waals surface area contributed by atoms with Crippen LogP contribution >= 0.6 is 0 Å². The topological polar surface area (TPSA) is 93.2 Å². The SMILES string of the molecule is C=CC(=O)N1CCCN(Cc2ccc(-n3c(-c4cccnc4N)nc4ccc(C5C=CC=CC5)nc43)cc2)CC1. The van der Waals surface area contributed by atoms with Crippen molar-refractivity contribution in [3.63, 3.8) is 0 Å². The molecule has 1 saturated heterocycles. The maximum atomic E-state index is 12.0. The summed E-state index contributed by atoms with van der Waals surface area (Å²) in [5.74, 6) is 1.40. The van der Waals surface area contributed by atoms with Gasteiger partial charge < -0.3 is 10.6 Å². The first-order valence-electron chi connectivity index (χ1n) is 13.8. The normalized spacial score (nSPS) is 17.7. The Labute approximate surface area is 234 Å². The largest absolute Gasteiger partial charge is 0.383 e. The molecule has 2 N–H and O–H groups in total. The molecule has 202 valence electrons. The number of nitrogen functional groups attached to an aromatic ring is 1. The van der Waals surface area contributed by atoms with Crippen LogP contribution in [-0.4, -0.2) is 61.4 Å². The fraction of sp³-hybridized carbons (Fsp3) is 0.250. The first kappa shape index (κ1) is 25.7. The summed E-state index contributed by atoms with van der Waals surface area (Å²) < 4.78 is 2.09.